The van der Waals surface area contributed by atoms with Crippen LogP contribution in [0, 0.1) is 6.92 Å². The van der Waals surface area contributed by atoms with E-state index >= 15 is 0 Å². The van der Waals surface area contributed by atoms with Gasteiger partial charge in [0.1, 0.15) is 5.82 Å². The first kappa shape index (κ1) is 15.6. The van der Waals surface area contributed by atoms with Crippen molar-refractivity contribution in [2.45, 2.75) is 39.7 Å². The molecule has 0 unspecified atom stereocenters. The number of aromatic nitrogens is 2. The number of hydrogen-bond acceptors (Lipinski definition) is 2. The molecular formula is C16H20ClN3O. The van der Waals surface area contributed by atoms with Crippen LogP contribution in [0.2, 0.25) is 5.02 Å². The van der Waals surface area contributed by atoms with Gasteiger partial charge in [-0.2, -0.15) is 5.10 Å². The van der Waals surface area contributed by atoms with Crippen LogP contribution in [-0.2, 0) is 17.8 Å². The Morgan fingerprint density at radius 3 is 2.71 bits per heavy atom. The molecule has 1 amide bonds. The minimum absolute atomic E-state index is 0.0299. The lowest BCUT2D eigenvalue weighted by Crippen LogP contribution is -2.16. The Kier molecular flexibility index (Phi) is 5.39. The molecule has 0 aliphatic carbocycles. The van der Waals surface area contributed by atoms with Gasteiger partial charge in [0.05, 0.1) is 6.20 Å². The number of rotatable bonds is 6. The molecule has 0 saturated heterocycles. The Morgan fingerprint density at radius 1 is 1.33 bits per heavy atom. The highest BCUT2D eigenvalue weighted by atomic mass is 35.5. The molecule has 0 bridgehead atoms. The van der Waals surface area contributed by atoms with E-state index in [0.717, 1.165) is 35.8 Å². The summed E-state index contributed by atoms with van der Waals surface area (Å²) in [4.78, 5) is 12.0. The van der Waals surface area contributed by atoms with E-state index in [1.165, 1.54) is 5.56 Å². The van der Waals surface area contributed by atoms with Gasteiger partial charge < -0.3 is 5.32 Å². The van der Waals surface area contributed by atoms with Gasteiger partial charge in [0.2, 0.25) is 5.91 Å². The van der Waals surface area contributed by atoms with Crippen LogP contribution in [0.25, 0.3) is 0 Å². The number of nitrogens with one attached hydrogen (secondary N) is 1. The maximum absolute atomic E-state index is 12.0. The summed E-state index contributed by atoms with van der Waals surface area (Å²) < 4.78 is 1.80. The second-order valence-corrected chi connectivity index (χ2v) is 5.46. The van der Waals surface area contributed by atoms with Gasteiger partial charge in [0.15, 0.2) is 0 Å². The second-order valence-electron chi connectivity index (χ2n) is 5.02. The largest absolute Gasteiger partial charge is 0.311 e. The lowest BCUT2D eigenvalue weighted by atomic mass is 10.1. The van der Waals surface area contributed by atoms with E-state index in [0.29, 0.717) is 6.42 Å². The summed E-state index contributed by atoms with van der Waals surface area (Å²) in [7, 11) is 0. The number of hydrogen-bond donors (Lipinski definition) is 1. The van der Waals surface area contributed by atoms with Gasteiger partial charge in [-0.15, -0.1) is 0 Å². The van der Waals surface area contributed by atoms with Crippen LogP contribution >= 0.6 is 11.6 Å². The predicted molar refractivity (Wildman–Crippen MR) is 85.7 cm³/mol. The number of carbonyl (C=O) groups is 1. The summed E-state index contributed by atoms with van der Waals surface area (Å²) in [5, 5.41) is 7.89. The SMILES string of the molecule is CCn1ncc(C)c1NC(=O)CCCc1ccc(Cl)cc1. The van der Waals surface area contributed by atoms with Gasteiger partial charge in [-0.05, 0) is 44.4 Å². The second kappa shape index (κ2) is 7.27. The predicted octanol–water partition coefficient (Wildman–Crippen LogP) is 3.83. The fourth-order valence-electron chi connectivity index (χ4n) is 2.18. The number of halogens is 1. The smallest absolute Gasteiger partial charge is 0.225 e. The summed E-state index contributed by atoms with van der Waals surface area (Å²) >= 11 is 5.85. The topological polar surface area (TPSA) is 46.9 Å². The van der Waals surface area contributed by atoms with E-state index < -0.39 is 0 Å². The molecule has 4 nitrogen and oxygen atoms in total. The Bertz CT molecular complexity index is 604. The lowest BCUT2D eigenvalue weighted by molar-refractivity contribution is -0.116. The van der Waals surface area contributed by atoms with Crippen molar-refractivity contribution in [2.75, 3.05) is 5.32 Å². The third kappa shape index (κ3) is 4.33. The molecule has 2 aromatic rings. The lowest BCUT2D eigenvalue weighted by Gasteiger charge is -2.08. The third-order valence-corrected chi connectivity index (χ3v) is 3.61. The van der Waals surface area contributed by atoms with Crippen molar-refractivity contribution < 1.29 is 4.79 Å². The van der Waals surface area contributed by atoms with Crippen LogP contribution < -0.4 is 5.32 Å². The standard InChI is InChI=1S/C16H20ClN3O/c1-3-20-16(12(2)11-18-20)19-15(21)6-4-5-13-7-9-14(17)10-8-13/h7-11H,3-6H2,1-2H3,(H,19,21). The fourth-order valence-corrected chi connectivity index (χ4v) is 2.31. The van der Waals surface area contributed by atoms with E-state index in [2.05, 4.69) is 10.4 Å². The van der Waals surface area contributed by atoms with Crippen LogP contribution in [-0.4, -0.2) is 15.7 Å². The minimum atomic E-state index is 0.0299. The summed E-state index contributed by atoms with van der Waals surface area (Å²) in [6.45, 7) is 4.69. The minimum Gasteiger partial charge on any atom is -0.311 e. The molecule has 0 radical (unpaired) electrons. The number of benzene rings is 1. The Morgan fingerprint density at radius 2 is 2.05 bits per heavy atom. The van der Waals surface area contributed by atoms with Crippen molar-refractivity contribution in [1.82, 2.24) is 9.78 Å². The van der Waals surface area contributed by atoms with Crippen LogP contribution in [0.3, 0.4) is 0 Å². The molecule has 21 heavy (non-hydrogen) atoms. The van der Waals surface area contributed by atoms with Crippen molar-refractivity contribution in [1.29, 1.82) is 0 Å². The highest BCUT2D eigenvalue weighted by molar-refractivity contribution is 6.30. The maximum Gasteiger partial charge on any atom is 0.225 e. The zero-order valence-electron chi connectivity index (χ0n) is 12.4. The van der Waals surface area contributed by atoms with E-state index in [9.17, 15) is 4.79 Å². The van der Waals surface area contributed by atoms with Gasteiger partial charge in [-0.3, -0.25) is 4.79 Å². The molecule has 112 valence electrons. The summed E-state index contributed by atoms with van der Waals surface area (Å²) in [6.07, 6.45) is 3.95. The third-order valence-electron chi connectivity index (χ3n) is 3.36. The van der Waals surface area contributed by atoms with Crippen molar-refractivity contribution in [3.05, 3.63) is 46.6 Å². The number of amides is 1. The Hall–Kier alpha value is -1.81. The van der Waals surface area contributed by atoms with E-state index in [-0.39, 0.29) is 5.91 Å². The van der Waals surface area contributed by atoms with Crippen molar-refractivity contribution in [3.63, 3.8) is 0 Å². The Balaban J connectivity index is 1.82. The molecular weight excluding hydrogens is 286 g/mol. The monoisotopic (exact) mass is 305 g/mol. The van der Waals surface area contributed by atoms with Crippen molar-refractivity contribution in [2.24, 2.45) is 0 Å². The molecule has 0 aliphatic rings. The highest BCUT2D eigenvalue weighted by Crippen LogP contribution is 2.15. The van der Waals surface area contributed by atoms with Gasteiger partial charge in [-0.1, -0.05) is 23.7 Å². The molecule has 0 atom stereocenters. The number of anilines is 1. The normalized spacial score (nSPS) is 10.6. The molecule has 0 spiro atoms. The number of nitrogens with zero attached hydrogens (tertiary/aromatic N) is 2. The van der Waals surface area contributed by atoms with Crippen molar-refractivity contribution >= 4 is 23.3 Å². The molecule has 2 rings (SSSR count). The molecule has 0 fully saturated rings. The van der Waals surface area contributed by atoms with Gasteiger partial charge in [0, 0.05) is 23.6 Å². The van der Waals surface area contributed by atoms with Crippen LogP contribution in [0.15, 0.2) is 30.5 Å². The first-order valence-corrected chi connectivity index (χ1v) is 7.54. The quantitative estimate of drug-likeness (QED) is 0.881. The molecule has 1 aromatic heterocycles. The summed E-state index contributed by atoms with van der Waals surface area (Å²) in [6, 6.07) is 7.74. The van der Waals surface area contributed by atoms with Crippen LogP contribution in [0.1, 0.15) is 30.9 Å². The van der Waals surface area contributed by atoms with E-state index in [4.69, 9.17) is 11.6 Å². The summed E-state index contributed by atoms with van der Waals surface area (Å²) in [5.74, 6) is 0.830. The summed E-state index contributed by atoms with van der Waals surface area (Å²) in [5.41, 5.74) is 2.19. The molecule has 1 N–H and O–H groups in total. The average Bonchev–Trinajstić information content (AvgIpc) is 2.82. The maximum atomic E-state index is 12.0. The first-order chi connectivity index (χ1) is 10.1. The van der Waals surface area contributed by atoms with Crippen LogP contribution in [0.5, 0.6) is 0 Å². The molecule has 0 saturated carbocycles. The Labute approximate surface area is 130 Å². The molecule has 1 heterocycles. The van der Waals surface area contributed by atoms with Crippen LogP contribution in [0.4, 0.5) is 5.82 Å². The first-order valence-electron chi connectivity index (χ1n) is 7.17. The molecule has 1 aromatic carbocycles. The van der Waals surface area contributed by atoms with E-state index in [1.807, 2.05) is 38.1 Å². The van der Waals surface area contributed by atoms with Crippen molar-refractivity contribution in [3.8, 4) is 0 Å². The molecule has 5 heteroatoms. The average molecular weight is 306 g/mol. The highest BCUT2D eigenvalue weighted by Gasteiger charge is 2.09. The van der Waals surface area contributed by atoms with Gasteiger partial charge >= 0.3 is 0 Å². The zero-order valence-corrected chi connectivity index (χ0v) is 13.2. The molecule has 0 aliphatic heterocycles. The van der Waals surface area contributed by atoms with Gasteiger partial charge in [-0.25, -0.2) is 4.68 Å². The zero-order chi connectivity index (χ0) is 15.2. The van der Waals surface area contributed by atoms with Gasteiger partial charge in [0.25, 0.3) is 0 Å². The fraction of sp³-hybridized carbons (Fsp3) is 0.375. The number of carbonyl (C=O) groups excluding carboxylic acids is 1. The van der Waals surface area contributed by atoms with E-state index in [1.54, 1.807) is 10.9 Å². The number of aryl methyl sites for hydroxylation is 3.